The Morgan fingerprint density at radius 3 is 2.42 bits per heavy atom. The zero-order valence-corrected chi connectivity index (χ0v) is 10.7. The van der Waals surface area contributed by atoms with Gasteiger partial charge in [0.2, 0.25) is 0 Å². The predicted molar refractivity (Wildman–Crippen MR) is 62.9 cm³/mol. The van der Waals surface area contributed by atoms with Gasteiger partial charge in [-0.3, -0.25) is 9.59 Å². The average molecular weight is 276 g/mol. The Balaban J connectivity index is 5.13. The van der Waals surface area contributed by atoms with Gasteiger partial charge >= 0.3 is 12.1 Å². The van der Waals surface area contributed by atoms with E-state index in [-0.39, 0.29) is 13.0 Å². The standard InChI is InChI=1S/C13H15F3O3/c1-4-6-7-8-9(3)10(12(18)19-5-2)11(17)13(14,15)16/h1,7-10H,5-6H2,2-3H3/b8-7+. The first-order valence-electron chi connectivity index (χ1n) is 5.63. The van der Waals surface area contributed by atoms with E-state index in [9.17, 15) is 22.8 Å². The van der Waals surface area contributed by atoms with E-state index in [1.54, 1.807) is 0 Å². The zero-order valence-electron chi connectivity index (χ0n) is 10.7. The third kappa shape index (κ3) is 5.60. The zero-order chi connectivity index (χ0) is 15.1. The summed E-state index contributed by atoms with van der Waals surface area (Å²) in [5.74, 6) is -3.86. The number of Topliss-reactive ketones (excluding diaryl/α,β-unsaturated/α-hetero) is 1. The third-order valence-corrected chi connectivity index (χ3v) is 2.30. The van der Waals surface area contributed by atoms with Gasteiger partial charge in [0.15, 0.2) is 0 Å². The summed E-state index contributed by atoms with van der Waals surface area (Å²) in [6, 6.07) is 0. The first kappa shape index (κ1) is 17.2. The molecule has 0 aromatic carbocycles. The van der Waals surface area contributed by atoms with E-state index in [0.717, 1.165) is 0 Å². The highest BCUT2D eigenvalue weighted by Crippen LogP contribution is 2.27. The first-order chi connectivity index (χ1) is 8.75. The quantitative estimate of drug-likeness (QED) is 0.324. The largest absolute Gasteiger partial charge is 0.465 e. The molecule has 0 aliphatic carbocycles. The summed E-state index contributed by atoms with van der Waals surface area (Å²) in [6.07, 6.45) is 2.86. The van der Waals surface area contributed by atoms with E-state index in [4.69, 9.17) is 6.42 Å². The highest BCUT2D eigenvalue weighted by molar-refractivity contribution is 6.02. The summed E-state index contributed by atoms with van der Waals surface area (Å²) in [7, 11) is 0. The molecule has 3 nitrogen and oxygen atoms in total. The van der Waals surface area contributed by atoms with Gasteiger partial charge in [0.1, 0.15) is 5.92 Å². The van der Waals surface area contributed by atoms with Gasteiger partial charge in [-0.25, -0.2) is 0 Å². The molecule has 2 atom stereocenters. The fourth-order valence-electron chi connectivity index (χ4n) is 1.43. The summed E-state index contributed by atoms with van der Waals surface area (Å²) in [5, 5.41) is 0. The van der Waals surface area contributed by atoms with Gasteiger partial charge in [-0.15, -0.1) is 12.3 Å². The van der Waals surface area contributed by atoms with Crippen LogP contribution in [0.3, 0.4) is 0 Å². The van der Waals surface area contributed by atoms with Gasteiger partial charge in [0.05, 0.1) is 6.61 Å². The van der Waals surface area contributed by atoms with Gasteiger partial charge in [-0.05, 0) is 12.8 Å². The van der Waals surface area contributed by atoms with Crippen molar-refractivity contribution in [1.82, 2.24) is 0 Å². The van der Waals surface area contributed by atoms with Crippen molar-refractivity contribution in [3.8, 4) is 12.3 Å². The number of alkyl halides is 3. The molecule has 0 spiro atoms. The molecule has 0 aliphatic heterocycles. The molecule has 0 amide bonds. The Bertz CT molecular complexity index is 391. The molecule has 0 rings (SSSR count). The van der Waals surface area contributed by atoms with E-state index in [1.165, 1.54) is 26.0 Å². The molecule has 0 saturated carbocycles. The lowest BCUT2D eigenvalue weighted by Crippen LogP contribution is -2.39. The number of terminal acetylenes is 1. The van der Waals surface area contributed by atoms with Crippen LogP contribution in [-0.4, -0.2) is 24.5 Å². The maximum absolute atomic E-state index is 12.4. The summed E-state index contributed by atoms with van der Waals surface area (Å²) in [5.41, 5.74) is 0. The molecule has 2 unspecified atom stereocenters. The lowest BCUT2D eigenvalue weighted by molar-refractivity contribution is -0.182. The van der Waals surface area contributed by atoms with Crippen molar-refractivity contribution >= 4 is 11.8 Å². The second-order valence-electron chi connectivity index (χ2n) is 3.79. The molecule has 0 fully saturated rings. The number of carbonyl (C=O) groups is 2. The minimum absolute atomic E-state index is 0.0960. The molecule has 0 radical (unpaired) electrons. The molecule has 106 valence electrons. The van der Waals surface area contributed by atoms with Crippen LogP contribution in [0.1, 0.15) is 20.3 Å². The van der Waals surface area contributed by atoms with Crippen molar-refractivity contribution in [2.45, 2.75) is 26.4 Å². The molecule has 0 heterocycles. The summed E-state index contributed by atoms with van der Waals surface area (Å²) in [4.78, 5) is 22.7. The van der Waals surface area contributed by atoms with E-state index in [2.05, 4.69) is 10.7 Å². The second-order valence-corrected chi connectivity index (χ2v) is 3.79. The number of esters is 1. The van der Waals surface area contributed by atoms with E-state index in [1.807, 2.05) is 0 Å². The van der Waals surface area contributed by atoms with Crippen molar-refractivity contribution in [3.63, 3.8) is 0 Å². The van der Waals surface area contributed by atoms with Crippen LogP contribution < -0.4 is 0 Å². The molecule has 6 heteroatoms. The van der Waals surface area contributed by atoms with Crippen LogP contribution in [0.15, 0.2) is 12.2 Å². The van der Waals surface area contributed by atoms with Gasteiger partial charge in [-0.2, -0.15) is 13.2 Å². The number of halogens is 3. The fourth-order valence-corrected chi connectivity index (χ4v) is 1.43. The van der Waals surface area contributed by atoms with Crippen molar-refractivity contribution < 1.29 is 27.5 Å². The molecule has 0 aromatic rings. The Morgan fingerprint density at radius 1 is 1.42 bits per heavy atom. The molecule has 0 saturated heterocycles. The second kappa shape index (κ2) is 7.62. The van der Waals surface area contributed by atoms with Crippen molar-refractivity contribution in [3.05, 3.63) is 12.2 Å². The number of hydrogen-bond donors (Lipinski definition) is 0. The minimum atomic E-state index is -5.08. The molecular formula is C13H15F3O3. The molecule has 0 aromatic heterocycles. The van der Waals surface area contributed by atoms with Crippen molar-refractivity contribution in [1.29, 1.82) is 0 Å². The van der Waals surface area contributed by atoms with Gasteiger partial charge in [0.25, 0.3) is 5.78 Å². The maximum atomic E-state index is 12.4. The van der Waals surface area contributed by atoms with Crippen LogP contribution in [0.2, 0.25) is 0 Å². The molecule has 0 bridgehead atoms. The average Bonchev–Trinajstić information content (AvgIpc) is 2.28. The van der Waals surface area contributed by atoms with Crippen LogP contribution in [0.5, 0.6) is 0 Å². The van der Waals surface area contributed by atoms with E-state index < -0.39 is 29.8 Å². The van der Waals surface area contributed by atoms with Crippen LogP contribution >= 0.6 is 0 Å². The Morgan fingerprint density at radius 2 is 2.00 bits per heavy atom. The number of rotatable bonds is 6. The topological polar surface area (TPSA) is 43.4 Å². The van der Waals surface area contributed by atoms with Gasteiger partial charge in [0, 0.05) is 6.42 Å². The number of carbonyl (C=O) groups excluding carboxylic acids is 2. The Labute approximate surface area is 109 Å². The van der Waals surface area contributed by atoms with Crippen LogP contribution in [0.25, 0.3) is 0 Å². The van der Waals surface area contributed by atoms with Crippen LogP contribution in [0.4, 0.5) is 13.2 Å². The summed E-state index contributed by atoms with van der Waals surface area (Å²) < 4.78 is 41.8. The SMILES string of the molecule is C#CC/C=C/C(C)C(C(=O)OCC)C(=O)C(F)(F)F. The molecule has 19 heavy (non-hydrogen) atoms. The van der Waals surface area contributed by atoms with Gasteiger partial charge in [-0.1, -0.05) is 19.1 Å². The smallest absolute Gasteiger partial charge is 0.450 e. The summed E-state index contributed by atoms with van der Waals surface area (Å²) in [6.45, 7) is 2.69. The maximum Gasteiger partial charge on any atom is 0.450 e. The van der Waals surface area contributed by atoms with Crippen LogP contribution in [0, 0.1) is 24.2 Å². The highest BCUT2D eigenvalue weighted by atomic mass is 19.4. The lowest BCUT2D eigenvalue weighted by Gasteiger charge is -2.19. The number of ketones is 1. The van der Waals surface area contributed by atoms with Crippen molar-refractivity contribution in [2.75, 3.05) is 6.61 Å². The monoisotopic (exact) mass is 276 g/mol. The minimum Gasteiger partial charge on any atom is -0.465 e. The first-order valence-corrected chi connectivity index (χ1v) is 5.63. The number of hydrogen-bond acceptors (Lipinski definition) is 3. The summed E-state index contributed by atoms with van der Waals surface area (Å²) >= 11 is 0. The van der Waals surface area contributed by atoms with Crippen molar-refractivity contribution in [2.24, 2.45) is 11.8 Å². The van der Waals surface area contributed by atoms with E-state index >= 15 is 0 Å². The van der Waals surface area contributed by atoms with Crippen LogP contribution in [-0.2, 0) is 14.3 Å². The number of ether oxygens (including phenoxy) is 1. The molecule has 0 aliphatic rings. The molecule has 0 N–H and O–H groups in total. The van der Waals surface area contributed by atoms with E-state index in [0.29, 0.717) is 0 Å². The Hall–Kier alpha value is -1.77. The lowest BCUT2D eigenvalue weighted by atomic mass is 9.89. The normalized spacial score (nSPS) is 14.7. The third-order valence-electron chi connectivity index (χ3n) is 2.30. The highest BCUT2D eigenvalue weighted by Gasteiger charge is 2.48. The van der Waals surface area contributed by atoms with Gasteiger partial charge < -0.3 is 4.74 Å². The number of allylic oxidation sites excluding steroid dienone is 2. The fraction of sp³-hybridized carbons (Fsp3) is 0.538. The predicted octanol–water partition coefficient (Wildman–Crippen LogP) is 2.51. The molecular weight excluding hydrogens is 261 g/mol. The Kier molecular flexibility index (Phi) is 6.91.